The van der Waals surface area contributed by atoms with Crippen molar-refractivity contribution in [3.8, 4) is 10.4 Å². The first-order valence-corrected chi connectivity index (χ1v) is 10.0. The highest BCUT2D eigenvalue weighted by molar-refractivity contribution is 7.18. The number of halogens is 5. The summed E-state index contributed by atoms with van der Waals surface area (Å²) in [6, 6.07) is 4.68. The van der Waals surface area contributed by atoms with Crippen molar-refractivity contribution in [3.63, 3.8) is 0 Å². The van der Waals surface area contributed by atoms with Crippen LogP contribution in [0.25, 0.3) is 10.4 Å². The van der Waals surface area contributed by atoms with Gasteiger partial charge in [-0.3, -0.25) is 9.78 Å². The molecule has 32 heavy (non-hydrogen) atoms. The summed E-state index contributed by atoms with van der Waals surface area (Å²) >= 11 is 1.21. The zero-order chi connectivity index (χ0) is 22.9. The summed E-state index contributed by atoms with van der Waals surface area (Å²) in [5, 5.41) is 5.24. The van der Waals surface area contributed by atoms with Crippen molar-refractivity contribution in [2.24, 2.45) is 0 Å². The minimum atomic E-state index is -4.51. The predicted molar refractivity (Wildman–Crippen MR) is 108 cm³/mol. The summed E-state index contributed by atoms with van der Waals surface area (Å²) in [6.07, 6.45) is 1.13. The highest BCUT2D eigenvalue weighted by Gasteiger charge is 2.44. The molecule has 168 valence electrons. The van der Waals surface area contributed by atoms with Crippen molar-refractivity contribution in [2.45, 2.75) is 12.1 Å². The van der Waals surface area contributed by atoms with Gasteiger partial charge in [-0.15, -0.1) is 0 Å². The molecule has 13 heteroatoms. The van der Waals surface area contributed by atoms with Crippen LogP contribution in [0.4, 0.5) is 38.6 Å². The van der Waals surface area contributed by atoms with Gasteiger partial charge in [0, 0.05) is 42.1 Å². The molecule has 7 nitrogen and oxygen atoms in total. The third kappa shape index (κ3) is 5.28. The molecule has 0 radical (unpaired) electrons. The predicted octanol–water partition coefficient (Wildman–Crippen LogP) is 4.09. The summed E-state index contributed by atoms with van der Waals surface area (Å²) in [6.45, 7) is -2.14. The molecule has 3 aromatic rings. The van der Waals surface area contributed by atoms with Gasteiger partial charge in [-0.25, -0.2) is 18.7 Å². The molecule has 0 bridgehead atoms. The van der Waals surface area contributed by atoms with Gasteiger partial charge >= 0.3 is 6.18 Å². The van der Waals surface area contributed by atoms with Gasteiger partial charge in [-0.1, -0.05) is 11.3 Å². The van der Waals surface area contributed by atoms with Gasteiger partial charge in [-0.2, -0.15) is 13.2 Å². The highest BCUT2D eigenvalue weighted by atomic mass is 32.1. The summed E-state index contributed by atoms with van der Waals surface area (Å²) < 4.78 is 63.1. The first-order valence-electron chi connectivity index (χ1n) is 9.20. The maximum absolute atomic E-state index is 13.1. The zero-order valence-corrected chi connectivity index (χ0v) is 17.0. The number of aromatic nitrogens is 3. The third-order valence-electron chi connectivity index (χ3n) is 4.43. The van der Waals surface area contributed by atoms with Crippen LogP contribution in [0.5, 0.6) is 0 Å². The molecule has 2 N–H and O–H groups in total. The quantitative estimate of drug-likeness (QED) is 0.528. The molecular formula is C19H15F5N6OS. The van der Waals surface area contributed by atoms with E-state index >= 15 is 0 Å². The van der Waals surface area contributed by atoms with Gasteiger partial charge in [-0.05, 0) is 12.1 Å². The van der Waals surface area contributed by atoms with E-state index in [0.717, 1.165) is 0 Å². The average molecular weight is 470 g/mol. The Balaban J connectivity index is 1.44. The van der Waals surface area contributed by atoms with Gasteiger partial charge in [0.2, 0.25) is 0 Å². The molecule has 1 saturated heterocycles. The van der Waals surface area contributed by atoms with E-state index in [-0.39, 0.29) is 18.7 Å². The zero-order valence-electron chi connectivity index (χ0n) is 16.2. The fourth-order valence-electron chi connectivity index (χ4n) is 2.94. The smallest absolute Gasteiger partial charge is 0.359 e. The molecule has 0 saturated carbocycles. The van der Waals surface area contributed by atoms with Crippen molar-refractivity contribution in [1.29, 1.82) is 0 Å². The average Bonchev–Trinajstić information content (AvgIpc) is 3.18. The number of amides is 1. The summed E-state index contributed by atoms with van der Waals surface area (Å²) in [7, 11) is 0. The van der Waals surface area contributed by atoms with E-state index in [1.165, 1.54) is 47.1 Å². The van der Waals surface area contributed by atoms with E-state index in [0.29, 0.717) is 27.1 Å². The van der Waals surface area contributed by atoms with E-state index in [2.05, 4.69) is 20.3 Å². The van der Waals surface area contributed by atoms with Crippen molar-refractivity contribution in [3.05, 3.63) is 48.5 Å². The van der Waals surface area contributed by atoms with Crippen LogP contribution in [0.15, 0.2) is 43.0 Å². The fourth-order valence-corrected chi connectivity index (χ4v) is 3.74. The lowest BCUT2D eigenvalue weighted by Gasteiger charge is -2.40. The van der Waals surface area contributed by atoms with Gasteiger partial charge in [0.05, 0.1) is 23.5 Å². The van der Waals surface area contributed by atoms with Gasteiger partial charge < -0.3 is 15.5 Å². The van der Waals surface area contributed by atoms with Gasteiger partial charge in [0.1, 0.15) is 12.4 Å². The fraction of sp³-hybridized carbons (Fsp3) is 0.263. The molecular weight excluding hydrogens is 455 g/mol. The Morgan fingerprint density at radius 1 is 1.16 bits per heavy atom. The Labute approximate surface area is 182 Å². The Hall–Kier alpha value is -3.35. The molecule has 0 aliphatic carbocycles. The number of alkyl halides is 5. The summed E-state index contributed by atoms with van der Waals surface area (Å²) in [4.78, 5) is 26.4. The van der Waals surface area contributed by atoms with E-state index < -0.39 is 24.6 Å². The van der Waals surface area contributed by atoms with Crippen LogP contribution >= 0.6 is 11.3 Å². The van der Waals surface area contributed by atoms with Gasteiger partial charge in [0.25, 0.3) is 11.8 Å². The molecule has 3 aromatic heterocycles. The number of hydrogen-bond acceptors (Lipinski definition) is 7. The van der Waals surface area contributed by atoms with Crippen molar-refractivity contribution in [2.75, 3.05) is 29.9 Å². The lowest BCUT2D eigenvalue weighted by atomic mass is 10.1. The SMILES string of the molecule is O=C(NCC(F)(F)F)c1cncc(-c2cnc(Nc3cc(N4CC(F)(F)C4)ccn3)s2)c1. The van der Waals surface area contributed by atoms with Gasteiger partial charge in [0.15, 0.2) is 5.13 Å². The number of nitrogens with one attached hydrogen (secondary N) is 2. The largest absolute Gasteiger partial charge is 0.405 e. The minimum Gasteiger partial charge on any atom is -0.359 e. The lowest BCUT2D eigenvalue weighted by molar-refractivity contribution is -0.123. The number of thiazole rings is 1. The molecule has 1 aliphatic rings. The Bertz CT molecular complexity index is 1130. The first-order chi connectivity index (χ1) is 15.1. The Morgan fingerprint density at radius 2 is 1.94 bits per heavy atom. The number of rotatable bonds is 6. The van der Waals surface area contributed by atoms with Crippen LogP contribution in [0, 0.1) is 0 Å². The molecule has 0 atom stereocenters. The van der Waals surface area contributed by atoms with E-state index in [1.807, 2.05) is 0 Å². The number of nitrogens with zero attached hydrogens (tertiary/aromatic N) is 4. The number of anilines is 3. The molecule has 1 amide bonds. The Morgan fingerprint density at radius 3 is 2.66 bits per heavy atom. The molecule has 0 unspecified atom stereocenters. The van der Waals surface area contributed by atoms with Crippen LogP contribution in [0.1, 0.15) is 10.4 Å². The molecule has 1 aliphatic heterocycles. The third-order valence-corrected chi connectivity index (χ3v) is 5.39. The second kappa shape index (κ2) is 8.30. The second-order valence-electron chi connectivity index (χ2n) is 7.03. The molecule has 1 fully saturated rings. The number of pyridine rings is 2. The normalized spacial score (nSPS) is 15.2. The second-order valence-corrected chi connectivity index (χ2v) is 8.06. The maximum Gasteiger partial charge on any atom is 0.405 e. The van der Waals surface area contributed by atoms with Crippen molar-refractivity contribution < 1.29 is 26.7 Å². The Kier molecular flexibility index (Phi) is 5.67. The van der Waals surface area contributed by atoms with Crippen LogP contribution < -0.4 is 15.5 Å². The summed E-state index contributed by atoms with van der Waals surface area (Å²) in [5.41, 5.74) is 1.09. The molecule has 0 spiro atoms. The standard InChI is InChI=1S/C19H15F5N6OS/c20-18(21)9-30(10-18)13-1-2-26-15(4-13)29-17-27-7-14(32-17)11-3-12(6-25-5-11)16(31)28-8-19(22,23)24/h1-7H,8-10H2,(H,28,31)(H,26,27,29). The molecule has 4 heterocycles. The maximum atomic E-state index is 13.1. The number of hydrogen-bond donors (Lipinski definition) is 2. The number of carbonyl (C=O) groups excluding carboxylic acids is 1. The topological polar surface area (TPSA) is 83.0 Å². The summed E-state index contributed by atoms with van der Waals surface area (Å²) in [5.74, 6) is -3.16. The van der Waals surface area contributed by atoms with Crippen LogP contribution in [0.2, 0.25) is 0 Å². The van der Waals surface area contributed by atoms with Crippen LogP contribution in [-0.4, -0.2) is 52.6 Å². The molecule has 0 aromatic carbocycles. The van der Waals surface area contributed by atoms with Crippen molar-refractivity contribution >= 4 is 33.9 Å². The van der Waals surface area contributed by atoms with E-state index in [9.17, 15) is 26.7 Å². The lowest BCUT2D eigenvalue weighted by Crippen LogP contribution is -2.56. The van der Waals surface area contributed by atoms with Crippen LogP contribution in [0.3, 0.4) is 0 Å². The monoisotopic (exact) mass is 470 g/mol. The van der Waals surface area contributed by atoms with E-state index in [4.69, 9.17) is 0 Å². The molecule has 4 rings (SSSR count). The van der Waals surface area contributed by atoms with Crippen LogP contribution in [-0.2, 0) is 0 Å². The van der Waals surface area contributed by atoms with E-state index in [1.54, 1.807) is 17.4 Å². The number of carbonyl (C=O) groups is 1. The highest BCUT2D eigenvalue weighted by Crippen LogP contribution is 2.34. The van der Waals surface area contributed by atoms with Crippen molar-refractivity contribution in [1.82, 2.24) is 20.3 Å². The first kappa shape index (κ1) is 21.9. The minimum absolute atomic E-state index is 0.0182.